The largest absolute Gasteiger partial charge is 0.350 e. The molecule has 0 fully saturated rings. The molecule has 1 amide bonds. The van der Waals surface area contributed by atoms with Crippen LogP contribution in [0.1, 0.15) is 22.0 Å². The standard InChI is InChI=1S/C17H18FN3O3/c1-20(2)16(12-3-7-14(18)8-4-12)11-19-17(22)13-5-9-15(10-6-13)21(23)24/h3-10,16H,11H2,1-2H3,(H,19,22)/t16-/m0/s1. The van der Waals surface area contributed by atoms with E-state index in [0.717, 1.165) is 5.56 Å². The smallest absolute Gasteiger partial charge is 0.269 e. The summed E-state index contributed by atoms with van der Waals surface area (Å²) in [6.45, 7) is 0.328. The van der Waals surface area contributed by atoms with Gasteiger partial charge in [-0.3, -0.25) is 14.9 Å². The SMILES string of the molecule is CN(C)[C@@H](CNC(=O)c1ccc([N+](=O)[O-])cc1)c1ccc(F)cc1. The van der Waals surface area contributed by atoms with Crippen molar-refractivity contribution in [3.63, 3.8) is 0 Å². The van der Waals surface area contributed by atoms with Gasteiger partial charge in [0.25, 0.3) is 11.6 Å². The molecule has 24 heavy (non-hydrogen) atoms. The zero-order valence-electron chi connectivity index (χ0n) is 13.4. The number of nitrogens with zero attached hydrogens (tertiary/aromatic N) is 2. The van der Waals surface area contributed by atoms with Crippen LogP contribution in [0.4, 0.5) is 10.1 Å². The Hall–Kier alpha value is -2.80. The molecule has 0 aromatic heterocycles. The number of hydrogen-bond donors (Lipinski definition) is 1. The van der Waals surface area contributed by atoms with Crippen LogP contribution in [-0.2, 0) is 0 Å². The second-order valence-corrected chi connectivity index (χ2v) is 5.54. The molecule has 0 spiro atoms. The van der Waals surface area contributed by atoms with Crippen LogP contribution < -0.4 is 5.32 Å². The maximum Gasteiger partial charge on any atom is 0.269 e. The van der Waals surface area contributed by atoms with Gasteiger partial charge in [0, 0.05) is 24.2 Å². The molecule has 0 saturated carbocycles. The molecular formula is C17H18FN3O3. The van der Waals surface area contributed by atoms with Crippen molar-refractivity contribution in [2.24, 2.45) is 0 Å². The molecule has 0 unspecified atom stereocenters. The Morgan fingerprint density at radius 3 is 2.25 bits per heavy atom. The minimum absolute atomic E-state index is 0.0657. The second-order valence-electron chi connectivity index (χ2n) is 5.54. The van der Waals surface area contributed by atoms with Crippen molar-refractivity contribution in [1.29, 1.82) is 0 Å². The van der Waals surface area contributed by atoms with E-state index in [9.17, 15) is 19.3 Å². The van der Waals surface area contributed by atoms with Crippen molar-refractivity contribution in [2.75, 3.05) is 20.6 Å². The molecule has 0 aliphatic heterocycles. The van der Waals surface area contributed by atoms with Gasteiger partial charge in [0.1, 0.15) is 5.82 Å². The predicted molar refractivity (Wildman–Crippen MR) is 88.3 cm³/mol. The van der Waals surface area contributed by atoms with E-state index in [4.69, 9.17) is 0 Å². The average molecular weight is 331 g/mol. The fourth-order valence-corrected chi connectivity index (χ4v) is 2.31. The molecule has 0 aliphatic carbocycles. The molecule has 0 saturated heterocycles. The van der Waals surface area contributed by atoms with Gasteiger partial charge in [-0.2, -0.15) is 0 Å². The van der Waals surface area contributed by atoms with Crippen LogP contribution in [0.15, 0.2) is 48.5 Å². The van der Waals surface area contributed by atoms with Crippen LogP contribution >= 0.6 is 0 Å². The fourth-order valence-electron chi connectivity index (χ4n) is 2.31. The molecule has 6 nitrogen and oxygen atoms in total. The number of nitro groups is 1. The van der Waals surface area contributed by atoms with Gasteiger partial charge in [0.15, 0.2) is 0 Å². The molecule has 0 radical (unpaired) electrons. The number of rotatable bonds is 6. The van der Waals surface area contributed by atoms with Crippen LogP contribution in [0.25, 0.3) is 0 Å². The highest BCUT2D eigenvalue weighted by atomic mass is 19.1. The van der Waals surface area contributed by atoms with E-state index in [1.807, 2.05) is 19.0 Å². The van der Waals surface area contributed by atoms with Gasteiger partial charge < -0.3 is 10.2 Å². The number of hydrogen-bond acceptors (Lipinski definition) is 4. The summed E-state index contributed by atoms with van der Waals surface area (Å²) in [4.78, 5) is 24.2. The summed E-state index contributed by atoms with van der Waals surface area (Å²) < 4.78 is 13.0. The number of nitrogens with one attached hydrogen (secondary N) is 1. The van der Waals surface area contributed by atoms with E-state index in [2.05, 4.69) is 5.32 Å². The molecule has 1 atom stereocenters. The third kappa shape index (κ3) is 4.36. The molecule has 2 aromatic carbocycles. The monoisotopic (exact) mass is 331 g/mol. The molecule has 0 bridgehead atoms. The Bertz CT molecular complexity index is 715. The number of amides is 1. The Kier molecular flexibility index (Phi) is 5.59. The Morgan fingerprint density at radius 2 is 1.75 bits per heavy atom. The van der Waals surface area contributed by atoms with E-state index < -0.39 is 4.92 Å². The van der Waals surface area contributed by atoms with Crippen LogP contribution in [0, 0.1) is 15.9 Å². The number of halogens is 1. The number of likely N-dealkylation sites (N-methyl/N-ethyl adjacent to an activating group) is 1. The van der Waals surface area contributed by atoms with Gasteiger partial charge >= 0.3 is 0 Å². The normalized spacial score (nSPS) is 12.0. The molecule has 7 heteroatoms. The summed E-state index contributed by atoms with van der Waals surface area (Å²) in [6.07, 6.45) is 0. The first-order chi connectivity index (χ1) is 11.4. The van der Waals surface area contributed by atoms with Crippen molar-refractivity contribution >= 4 is 11.6 Å². The van der Waals surface area contributed by atoms with Gasteiger partial charge in [-0.1, -0.05) is 12.1 Å². The fraction of sp³-hybridized carbons (Fsp3) is 0.235. The molecule has 0 aliphatic rings. The Labute approximate surface area is 139 Å². The highest BCUT2D eigenvalue weighted by Gasteiger charge is 2.16. The second kappa shape index (κ2) is 7.65. The Morgan fingerprint density at radius 1 is 1.17 bits per heavy atom. The summed E-state index contributed by atoms with van der Waals surface area (Å²) in [5.74, 6) is -0.634. The minimum Gasteiger partial charge on any atom is -0.350 e. The minimum atomic E-state index is -0.516. The van der Waals surface area contributed by atoms with Crippen molar-refractivity contribution in [2.45, 2.75) is 6.04 Å². The number of nitro benzene ring substituents is 1. The van der Waals surface area contributed by atoms with Crippen LogP contribution in [0.2, 0.25) is 0 Å². The summed E-state index contributed by atoms with van der Waals surface area (Å²) in [5.41, 5.74) is 1.16. The maximum atomic E-state index is 13.0. The van der Waals surface area contributed by atoms with Crippen molar-refractivity contribution in [3.05, 3.63) is 75.6 Å². The van der Waals surface area contributed by atoms with E-state index in [-0.39, 0.29) is 23.5 Å². The molecule has 126 valence electrons. The molecule has 2 aromatic rings. The number of carbonyl (C=O) groups is 1. The molecule has 1 N–H and O–H groups in total. The average Bonchev–Trinajstić information content (AvgIpc) is 2.56. The number of benzene rings is 2. The molecular weight excluding hydrogens is 313 g/mol. The summed E-state index contributed by atoms with van der Waals surface area (Å²) in [6, 6.07) is 11.4. The summed E-state index contributed by atoms with van der Waals surface area (Å²) in [5, 5.41) is 13.4. The van der Waals surface area contributed by atoms with E-state index in [1.54, 1.807) is 12.1 Å². The van der Waals surface area contributed by atoms with Crippen molar-refractivity contribution in [3.8, 4) is 0 Å². The van der Waals surface area contributed by atoms with Crippen LogP contribution in [0.3, 0.4) is 0 Å². The summed E-state index contributed by atoms with van der Waals surface area (Å²) in [7, 11) is 3.73. The first-order valence-corrected chi connectivity index (χ1v) is 7.33. The van der Waals surface area contributed by atoms with Gasteiger partial charge in [-0.05, 0) is 43.9 Å². The van der Waals surface area contributed by atoms with Crippen molar-refractivity contribution in [1.82, 2.24) is 10.2 Å². The zero-order chi connectivity index (χ0) is 17.7. The third-order valence-electron chi connectivity index (χ3n) is 3.67. The Balaban J connectivity index is 2.04. The zero-order valence-corrected chi connectivity index (χ0v) is 13.4. The van der Waals surface area contributed by atoms with Gasteiger partial charge in [-0.15, -0.1) is 0 Å². The predicted octanol–water partition coefficient (Wildman–Crippen LogP) is 2.77. The quantitative estimate of drug-likeness (QED) is 0.652. The lowest BCUT2D eigenvalue weighted by Crippen LogP contribution is -2.34. The van der Waals surface area contributed by atoms with E-state index in [1.165, 1.54) is 36.4 Å². The van der Waals surface area contributed by atoms with Gasteiger partial charge in [0.2, 0.25) is 0 Å². The van der Waals surface area contributed by atoms with Crippen molar-refractivity contribution < 1.29 is 14.1 Å². The highest BCUT2D eigenvalue weighted by Crippen LogP contribution is 2.18. The third-order valence-corrected chi connectivity index (χ3v) is 3.67. The van der Waals surface area contributed by atoms with Crippen LogP contribution in [-0.4, -0.2) is 36.4 Å². The maximum absolute atomic E-state index is 13.0. The summed E-state index contributed by atoms with van der Waals surface area (Å²) >= 11 is 0. The first kappa shape index (κ1) is 17.6. The number of non-ortho nitro benzene ring substituents is 1. The first-order valence-electron chi connectivity index (χ1n) is 7.33. The van der Waals surface area contributed by atoms with Gasteiger partial charge in [0.05, 0.1) is 11.0 Å². The molecule has 2 rings (SSSR count). The number of carbonyl (C=O) groups excluding carboxylic acids is 1. The van der Waals surface area contributed by atoms with Gasteiger partial charge in [-0.25, -0.2) is 4.39 Å². The topological polar surface area (TPSA) is 75.5 Å². The lowest BCUT2D eigenvalue weighted by molar-refractivity contribution is -0.384. The van der Waals surface area contributed by atoms with E-state index in [0.29, 0.717) is 12.1 Å². The lowest BCUT2D eigenvalue weighted by atomic mass is 10.1. The lowest BCUT2D eigenvalue weighted by Gasteiger charge is -2.25. The molecule has 0 heterocycles. The highest BCUT2D eigenvalue weighted by molar-refractivity contribution is 5.94. The van der Waals surface area contributed by atoms with E-state index >= 15 is 0 Å². The van der Waals surface area contributed by atoms with Crippen LogP contribution in [0.5, 0.6) is 0 Å².